The summed E-state index contributed by atoms with van der Waals surface area (Å²) in [7, 11) is 0. The first-order valence-electron chi connectivity index (χ1n) is 6.21. The van der Waals surface area contributed by atoms with E-state index in [1.165, 1.54) is 16.0 Å². The molecule has 0 saturated carbocycles. The Balaban J connectivity index is 2.02. The molecule has 1 N–H and O–H groups in total. The molecule has 98 valence electrons. The molecule has 0 spiro atoms. The highest BCUT2D eigenvalue weighted by molar-refractivity contribution is 9.09. The van der Waals surface area contributed by atoms with E-state index in [1.54, 1.807) is 11.3 Å². The number of anilines is 1. The third-order valence-electron chi connectivity index (χ3n) is 3.19. The number of hydrogen-bond donors (Lipinski definition) is 1. The Bertz CT molecular complexity index is 624. The molecule has 1 aromatic heterocycles. The van der Waals surface area contributed by atoms with Crippen molar-refractivity contribution in [2.24, 2.45) is 0 Å². The van der Waals surface area contributed by atoms with Gasteiger partial charge in [-0.2, -0.15) is 0 Å². The Labute approximate surface area is 124 Å². The predicted octanol–water partition coefficient (Wildman–Crippen LogP) is 3.63. The van der Waals surface area contributed by atoms with Crippen LogP contribution in [-0.2, 0) is 17.6 Å². The lowest BCUT2D eigenvalue weighted by atomic mass is 10.0. The van der Waals surface area contributed by atoms with E-state index >= 15 is 0 Å². The SMILES string of the molecule is O=C(CBr)Nc1nc2c(s1)CCCc1ccccc1-2. The molecular formula is C14H13BrN2OS. The van der Waals surface area contributed by atoms with E-state index < -0.39 is 0 Å². The van der Waals surface area contributed by atoms with Gasteiger partial charge in [0.2, 0.25) is 5.91 Å². The van der Waals surface area contributed by atoms with Crippen molar-refractivity contribution in [1.82, 2.24) is 4.98 Å². The van der Waals surface area contributed by atoms with Gasteiger partial charge in [0.25, 0.3) is 0 Å². The smallest absolute Gasteiger partial charge is 0.236 e. The van der Waals surface area contributed by atoms with E-state index in [4.69, 9.17) is 0 Å². The topological polar surface area (TPSA) is 42.0 Å². The molecule has 1 heterocycles. The molecule has 0 fully saturated rings. The largest absolute Gasteiger partial charge is 0.301 e. The van der Waals surface area contributed by atoms with Gasteiger partial charge in [-0.05, 0) is 24.8 Å². The van der Waals surface area contributed by atoms with Gasteiger partial charge in [-0.1, -0.05) is 40.2 Å². The lowest BCUT2D eigenvalue weighted by molar-refractivity contribution is -0.113. The number of benzene rings is 1. The summed E-state index contributed by atoms with van der Waals surface area (Å²) in [6.45, 7) is 0. The maximum absolute atomic E-state index is 11.4. The number of carbonyl (C=O) groups is 1. The van der Waals surface area contributed by atoms with Crippen molar-refractivity contribution in [2.75, 3.05) is 10.6 Å². The molecule has 0 aliphatic heterocycles. The van der Waals surface area contributed by atoms with Crippen molar-refractivity contribution in [1.29, 1.82) is 0 Å². The zero-order valence-electron chi connectivity index (χ0n) is 10.3. The summed E-state index contributed by atoms with van der Waals surface area (Å²) in [6.07, 6.45) is 3.27. The highest BCUT2D eigenvalue weighted by atomic mass is 79.9. The minimum atomic E-state index is -0.0582. The van der Waals surface area contributed by atoms with Gasteiger partial charge in [0, 0.05) is 10.4 Å². The van der Waals surface area contributed by atoms with Gasteiger partial charge in [0.1, 0.15) is 0 Å². The summed E-state index contributed by atoms with van der Waals surface area (Å²) in [6, 6.07) is 8.41. The molecule has 0 unspecified atom stereocenters. The summed E-state index contributed by atoms with van der Waals surface area (Å²) < 4.78 is 0. The number of thiazole rings is 1. The monoisotopic (exact) mass is 336 g/mol. The van der Waals surface area contributed by atoms with Crippen molar-refractivity contribution in [2.45, 2.75) is 19.3 Å². The Morgan fingerprint density at radius 2 is 2.21 bits per heavy atom. The zero-order chi connectivity index (χ0) is 13.2. The number of amides is 1. The van der Waals surface area contributed by atoms with Crippen LogP contribution in [0.5, 0.6) is 0 Å². The maximum Gasteiger partial charge on any atom is 0.236 e. The molecule has 0 atom stereocenters. The number of aryl methyl sites for hydroxylation is 2. The number of nitrogens with zero attached hydrogens (tertiary/aromatic N) is 1. The maximum atomic E-state index is 11.4. The second-order valence-electron chi connectivity index (χ2n) is 4.48. The fourth-order valence-electron chi connectivity index (χ4n) is 2.35. The molecule has 5 heteroatoms. The van der Waals surface area contributed by atoms with Crippen LogP contribution in [0.25, 0.3) is 11.3 Å². The van der Waals surface area contributed by atoms with Crippen LogP contribution in [0.3, 0.4) is 0 Å². The number of halogens is 1. The summed E-state index contributed by atoms with van der Waals surface area (Å²) in [5, 5.41) is 3.82. The van der Waals surface area contributed by atoms with Crippen molar-refractivity contribution < 1.29 is 4.79 Å². The Morgan fingerprint density at radius 1 is 1.37 bits per heavy atom. The number of alkyl halides is 1. The van der Waals surface area contributed by atoms with Crippen LogP contribution in [0, 0.1) is 0 Å². The Kier molecular flexibility index (Phi) is 3.66. The quantitative estimate of drug-likeness (QED) is 0.851. The van der Waals surface area contributed by atoms with Crippen LogP contribution in [-0.4, -0.2) is 16.2 Å². The second kappa shape index (κ2) is 5.43. The van der Waals surface area contributed by atoms with Gasteiger partial charge < -0.3 is 5.32 Å². The molecule has 1 amide bonds. The molecule has 1 aromatic carbocycles. The molecule has 0 saturated heterocycles. The third kappa shape index (κ3) is 2.58. The number of carbonyl (C=O) groups excluding carboxylic acids is 1. The third-order valence-corrected chi connectivity index (χ3v) is 4.73. The van der Waals surface area contributed by atoms with Crippen LogP contribution in [0.1, 0.15) is 16.9 Å². The Morgan fingerprint density at radius 3 is 3.05 bits per heavy atom. The lowest BCUT2D eigenvalue weighted by Gasteiger charge is -2.03. The van der Waals surface area contributed by atoms with Crippen LogP contribution in [0.4, 0.5) is 5.13 Å². The van der Waals surface area contributed by atoms with Gasteiger partial charge in [-0.25, -0.2) is 4.98 Å². The van der Waals surface area contributed by atoms with E-state index in [9.17, 15) is 4.79 Å². The molecule has 1 aliphatic carbocycles. The van der Waals surface area contributed by atoms with Gasteiger partial charge in [-0.3, -0.25) is 4.79 Å². The summed E-state index contributed by atoms with van der Waals surface area (Å²) in [5.74, 6) is -0.0582. The molecular weight excluding hydrogens is 324 g/mol. The molecule has 19 heavy (non-hydrogen) atoms. The molecule has 3 rings (SSSR count). The molecule has 0 radical (unpaired) electrons. The summed E-state index contributed by atoms with van der Waals surface area (Å²) in [4.78, 5) is 17.3. The van der Waals surface area contributed by atoms with Gasteiger partial charge in [0.15, 0.2) is 5.13 Å². The van der Waals surface area contributed by atoms with Crippen LogP contribution in [0.2, 0.25) is 0 Å². The fraction of sp³-hybridized carbons (Fsp3) is 0.286. The van der Waals surface area contributed by atoms with Crippen LogP contribution >= 0.6 is 27.3 Å². The zero-order valence-corrected chi connectivity index (χ0v) is 12.7. The molecule has 0 bridgehead atoms. The number of fused-ring (bicyclic) bond motifs is 3. The molecule has 2 aromatic rings. The second-order valence-corrected chi connectivity index (χ2v) is 6.13. The van der Waals surface area contributed by atoms with Crippen molar-refractivity contribution in [3.63, 3.8) is 0 Å². The minimum absolute atomic E-state index is 0.0582. The van der Waals surface area contributed by atoms with Gasteiger partial charge in [0.05, 0.1) is 11.0 Å². The van der Waals surface area contributed by atoms with Crippen molar-refractivity contribution in [3.05, 3.63) is 34.7 Å². The predicted molar refractivity (Wildman–Crippen MR) is 82.0 cm³/mol. The highest BCUT2D eigenvalue weighted by Crippen LogP contribution is 2.36. The number of hydrogen-bond acceptors (Lipinski definition) is 3. The molecule has 1 aliphatic rings. The fourth-order valence-corrected chi connectivity index (χ4v) is 3.52. The summed E-state index contributed by atoms with van der Waals surface area (Å²) in [5.41, 5.74) is 3.61. The van der Waals surface area contributed by atoms with E-state index in [0.29, 0.717) is 10.5 Å². The first-order chi connectivity index (χ1) is 9.28. The van der Waals surface area contributed by atoms with Crippen LogP contribution < -0.4 is 5.32 Å². The number of nitrogens with one attached hydrogen (secondary N) is 1. The van der Waals surface area contributed by atoms with Crippen LogP contribution in [0.15, 0.2) is 24.3 Å². The number of aromatic nitrogens is 1. The van der Waals surface area contributed by atoms with E-state index in [-0.39, 0.29) is 5.91 Å². The molecule has 3 nitrogen and oxygen atoms in total. The summed E-state index contributed by atoms with van der Waals surface area (Å²) >= 11 is 4.74. The van der Waals surface area contributed by atoms with Gasteiger partial charge >= 0.3 is 0 Å². The van der Waals surface area contributed by atoms with E-state index in [1.807, 2.05) is 6.07 Å². The lowest BCUT2D eigenvalue weighted by Crippen LogP contribution is -2.11. The first-order valence-corrected chi connectivity index (χ1v) is 8.15. The average Bonchev–Trinajstić information content (AvgIpc) is 2.74. The minimum Gasteiger partial charge on any atom is -0.301 e. The Hall–Kier alpha value is -1.20. The normalized spacial score (nSPS) is 13.3. The van der Waals surface area contributed by atoms with E-state index in [2.05, 4.69) is 44.4 Å². The standard InChI is InChI=1S/C14H13BrN2OS/c15-8-12(18)16-14-17-13-10-6-2-1-4-9(10)5-3-7-11(13)19-14/h1-2,4,6H,3,5,7-8H2,(H,16,17,18). The first kappa shape index (κ1) is 12.8. The number of rotatable bonds is 2. The van der Waals surface area contributed by atoms with Crippen molar-refractivity contribution in [3.8, 4) is 11.3 Å². The average molecular weight is 337 g/mol. The van der Waals surface area contributed by atoms with Crippen molar-refractivity contribution >= 4 is 38.3 Å². The van der Waals surface area contributed by atoms with Gasteiger partial charge in [-0.15, -0.1) is 11.3 Å². The van der Waals surface area contributed by atoms with E-state index in [0.717, 1.165) is 25.0 Å². The highest BCUT2D eigenvalue weighted by Gasteiger charge is 2.19.